The molecule has 2 rings (SSSR count). The molecule has 0 bridgehead atoms. The zero-order valence-electron chi connectivity index (χ0n) is 9.19. The van der Waals surface area contributed by atoms with Crippen LogP contribution in [0.2, 0.25) is 0 Å². The SMILES string of the molecule is C#Cc1ccccc1OCc1cccc(F)c1. The van der Waals surface area contributed by atoms with Gasteiger partial charge in [0.05, 0.1) is 5.56 Å². The molecule has 1 nitrogen and oxygen atoms in total. The van der Waals surface area contributed by atoms with E-state index in [-0.39, 0.29) is 5.82 Å². The minimum absolute atomic E-state index is 0.267. The molecule has 0 aliphatic rings. The highest BCUT2D eigenvalue weighted by molar-refractivity contribution is 5.44. The van der Waals surface area contributed by atoms with Crippen molar-refractivity contribution in [2.24, 2.45) is 0 Å². The second-order valence-electron chi connectivity index (χ2n) is 3.56. The third kappa shape index (κ3) is 2.85. The predicted molar refractivity (Wildman–Crippen MR) is 65.1 cm³/mol. The van der Waals surface area contributed by atoms with E-state index in [9.17, 15) is 4.39 Å². The molecule has 0 radical (unpaired) electrons. The Morgan fingerprint density at radius 3 is 2.71 bits per heavy atom. The van der Waals surface area contributed by atoms with Crippen LogP contribution in [0, 0.1) is 18.2 Å². The molecular formula is C15H11FO. The van der Waals surface area contributed by atoms with E-state index in [0.29, 0.717) is 17.9 Å². The summed E-state index contributed by atoms with van der Waals surface area (Å²) in [7, 11) is 0. The van der Waals surface area contributed by atoms with E-state index in [2.05, 4.69) is 5.92 Å². The number of halogens is 1. The number of terminal acetylenes is 1. The normalized spacial score (nSPS) is 9.65. The molecule has 0 spiro atoms. The van der Waals surface area contributed by atoms with Gasteiger partial charge in [0.25, 0.3) is 0 Å². The molecule has 2 heteroatoms. The van der Waals surface area contributed by atoms with Crippen molar-refractivity contribution in [2.75, 3.05) is 0 Å². The first-order valence-electron chi connectivity index (χ1n) is 5.22. The molecule has 0 aliphatic heterocycles. The zero-order chi connectivity index (χ0) is 12.1. The number of rotatable bonds is 3. The molecule has 2 aromatic carbocycles. The number of para-hydroxylation sites is 1. The van der Waals surface area contributed by atoms with Crippen LogP contribution in [0.5, 0.6) is 5.75 Å². The first-order valence-corrected chi connectivity index (χ1v) is 5.22. The van der Waals surface area contributed by atoms with Crippen LogP contribution in [0.3, 0.4) is 0 Å². The van der Waals surface area contributed by atoms with Crippen LogP contribution in [0.1, 0.15) is 11.1 Å². The monoisotopic (exact) mass is 226 g/mol. The average Bonchev–Trinajstić information content (AvgIpc) is 2.37. The number of ether oxygens (including phenoxy) is 1. The van der Waals surface area contributed by atoms with E-state index in [1.54, 1.807) is 18.2 Å². The van der Waals surface area contributed by atoms with Gasteiger partial charge in [0.2, 0.25) is 0 Å². The molecule has 0 aromatic heterocycles. The Bertz CT molecular complexity index is 555. The van der Waals surface area contributed by atoms with Gasteiger partial charge in [0.15, 0.2) is 0 Å². The Morgan fingerprint density at radius 2 is 1.94 bits per heavy atom. The predicted octanol–water partition coefficient (Wildman–Crippen LogP) is 3.39. The minimum Gasteiger partial charge on any atom is -0.488 e. The van der Waals surface area contributed by atoms with Crippen LogP contribution in [0.15, 0.2) is 48.5 Å². The molecular weight excluding hydrogens is 215 g/mol. The van der Waals surface area contributed by atoms with E-state index < -0.39 is 0 Å². The van der Waals surface area contributed by atoms with Gasteiger partial charge in [0, 0.05) is 0 Å². The van der Waals surface area contributed by atoms with Gasteiger partial charge in [-0.3, -0.25) is 0 Å². The summed E-state index contributed by atoms with van der Waals surface area (Å²) in [6, 6.07) is 13.6. The fourth-order valence-corrected chi connectivity index (χ4v) is 1.50. The molecule has 17 heavy (non-hydrogen) atoms. The highest BCUT2D eigenvalue weighted by atomic mass is 19.1. The van der Waals surface area contributed by atoms with Crippen molar-refractivity contribution in [1.29, 1.82) is 0 Å². The molecule has 0 aliphatic carbocycles. The van der Waals surface area contributed by atoms with Crippen molar-refractivity contribution < 1.29 is 9.13 Å². The van der Waals surface area contributed by atoms with Crippen molar-refractivity contribution in [3.8, 4) is 18.1 Å². The van der Waals surface area contributed by atoms with Gasteiger partial charge in [0.1, 0.15) is 18.2 Å². The summed E-state index contributed by atoms with van der Waals surface area (Å²) >= 11 is 0. The lowest BCUT2D eigenvalue weighted by Gasteiger charge is -2.08. The maximum absolute atomic E-state index is 13.0. The van der Waals surface area contributed by atoms with Gasteiger partial charge in [-0.2, -0.15) is 0 Å². The third-order valence-electron chi connectivity index (χ3n) is 2.33. The van der Waals surface area contributed by atoms with Crippen molar-refractivity contribution in [3.63, 3.8) is 0 Å². The Labute approximate surface area is 99.9 Å². The summed E-state index contributed by atoms with van der Waals surface area (Å²) in [5.41, 5.74) is 1.47. The van der Waals surface area contributed by atoms with Gasteiger partial charge in [-0.05, 0) is 29.8 Å². The molecule has 84 valence electrons. The van der Waals surface area contributed by atoms with Crippen molar-refractivity contribution in [2.45, 2.75) is 6.61 Å². The van der Waals surface area contributed by atoms with Gasteiger partial charge in [-0.1, -0.05) is 30.2 Å². The van der Waals surface area contributed by atoms with Crippen molar-refractivity contribution in [3.05, 3.63) is 65.5 Å². The summed E-state index contributed by atoms with van der Waals surface area (Å²) in [6.07, 6.45) is 5.35. The van der Waals surface area contributed by atoms with Crippen LogP contribution in [-0.2, 0) is 6.61 Å². The Balaban J connectivity index is 2.10. The Morgan fingerprint density at radius 1 is 1.12 bits per heavy atom. The summed E-state index contributed by atoms with van der Waals surface area (Å²) in [5, 5.41) is 0. The average molecular weight is 226 g/mol. The zero-order valence-corrected chi connectivity index (χ0v) is 9.19. The third-order valence-corrected chi connectivity index (χ3v) is 2.33. The number of benzene rings is 2. The summed E-state index contributed by atoms with van der Waals surface area (Å²) in [6.45, 7) is 0.302. The molecule has 0 unspecified atom stereocenters. The maximum atomic E-state index is 13.0. The molecule has 2 aromatic rings. The quantitative estimate of drug-likeness (QED) is 0.729. The first-order chi connectivity index (χ1) is 8.29. The standard InChI is InChI=1S/C15H11FO/c1-2-13-7-3-4-9-15(13)17-11-12-6-5-8-14(16)10-12/h1,3-10H,11H2. The van der Waals surface area contributed by atoms with Crippen LogP contribution in [-0.4, -0.2) is 0 Å². The highest BCUT2D eigenvalue weighted by Crippen LogP contribution is 2.18. The van der Waals surface area contributed by atoms with Crippen LogP contribution >= 0.6 is 0 Å². The van der Waals surface area contributed by atoms with Crippen LogP contribution in [0.4, 0.5) is 4.39 Å². The van der Waals surface area contributed by atoms with Gasteiger partial charge in [-0.15, -0.1) is 6.42 Å². The van der Waals surface area contributed by atoms with E-state index in [0.717, 1.165) is 5.56 Å². The number of hydrogen-bond acceptors (Lipinski definition) is 1. The Hall–Kier alpha value is -2.27. The molecule has 0 amide bonds. The van der Waals surface area contributed by atoms with Gasteiger partial charge < -0.3 is 4.74 Å². The number of hydrogen-bond donors (Lipinski definition) is 0. The minimum atomic E-state index is -0.267. The first kappa shape index (κ1) is 11.2. The van der Waals surface area contributed by atoms with E-state index in [1.807, 2.05) is 18.2 Å². The molecule has 0 saturated carbocycles. The lowest BCUT2D eigenvalue weighted by Crippen LogP contribution is -1.97. The fraction of sp³-hybridized carbons (Fsp3) is 0.0667. The lowest BCUT2D eigenvalue weighted by molar-refractivity contribution is 0.305. The van der Waals surface area contributed by atoms with Crippen LogP contribution in [0.25, 0.3) is 0 Å². The Kier molecular flexibility index (Phi) is 3.42. The van der Waals surface area contributed by atoms with Gasteiger partial charge >= 0.3 is 0 Å². The second kappa shape index (κ2) is 5.18. The van der Waals surface area contributed by atoms with Gasteiger partial charge in [-0.25, -0.2) is 4.39 Å². The highest BCUT2D eigenvalue weighted by Gasteiger charge is 2.01. The second-order valence-corrected chi connectivity index (χ2v) is 3.56. The van der Waals surface area contributed by atoms with Crippen LogP contribution < -0.4 is 4.74 Å². The molecule has 0 N–H and O–H groups in total. The van der Waals surface area contributed by atoms with E-state index in [4.69, 9.17) is 11.2 Å². The summed E-state index contributed by atoms with van der Waals surface area (Å²) in [5.74, 6) is 2.92. The van der Waals surface area contributed by atoms with Crippen molar-refractivity contribution >= 4 is 0 Å². The summed E-state index contributed by atoms with van der Waals surface area (Å²) < 4.78 is 18.5. The lowest BCUT2D eigenvalue weighted by atomic mass is 10.2. The van der Waals surface area contributed by atoms with Crippen molar-refractivity contribution in [1.82, 2.24) is 0 Å². The smallest absolute Gasteiger partial charge is 0.135 e. The molecule has 0 saturated heterocycles. The molecule has 0 heterocycles. The molecule has 0 atom stereocenters. The van der Waals surface area contributed by atoms with E-state index >= 15 is 0 Å². The molecule has 0 fully saturated rings. The topological polar surface area (TPSA) is 9.23 Å². The maximum Gasteiger partial charge on any atom is 0.135 e. The van der Waals surface area contributed by atoms with E-state index in [1.165, 1.54) is 12.1 Å². The summed E-state index contributed by atoms with van der Waals surface area (Å²) in [4.78, 5) is 0. The largest absolute Gasteiger partial charge is 0.488 e. The fourth-order valence-electron chi connectivity index (χ4n) is 1.50.